The van der Waals surface area contributed by atoms with E-state index in [2.05, 4.69) is 10.4 Å². The summed E-state index contributed by atoms with van der Waals surface area (Å²) in [6.45, 7) is 3.90. The van der Waals surface area contributed by atoms with Gasteiger partial charge in [-0.3, -0.25) is 14.2 Å². The van der Waals surface area contributed by atoms with Gasteiger partial charge in [0, 0.05) is 11.6 Å². The van der Waals surface area contributed by atoms with Crippen molar-refractivity contribution in [2.24, 2.45) is 0 Å². The Morgan fingerprint density at radius 3 is 2.61 bits per heavy atom. The molecule has 1 aliphatic rings. The minimum atomic E-state index is -0.241. The highest BCUT2D eigenvalue weighted by atomic mass is 16.2. The van der Waals surface area contributed by atoms with Crippen molar-refractivity contribution in [1.29, 1.82) is 0 Å². The Labute approximate surface area is 179 Å². The molecular formula is C24H23N5O2. The highest BCUT2D eigenvalue weighted by Crippen LogP contribution is 2.39. The zero-order chi connectivity index (χ0) is 21.5. The van der Waals surface area contributed by atoms with E-state index in [4.69, 9.17) is 4.98 Å². The molecule has 156 valence electrons. The third-order valence-corrected chi connectivity index (χ3v) is 5.84. The van der Waals surface area contributed by atoms with E-state index in [1.807, 2.05) is 62.4 Å². The van der Waals surface area contributed by atoms with Crippen LogP contribution >= 0.6 is 0 Å². The predicted molar refractivity (Wildman–Crippen MR) is 120 cm³/mol. The van der Waals surface area contributed by atoms with Crippen LogP contribution in [-0.4, -0.2) is 25.2 Å². The Hall–Kier alpha value is -3.74. The van der Waals surface area contributed by atoms with Crippen LogP contribution in [0.2, 0.25) is 0 Å². The summed E-state index contributed by atoms with van der Waals surface area (Å²) in [6, 6.07) is 15.4. The van der Waals surface area contributed by atoms with Gasteiger partial charge < -0.3 is 5.32 Å². The Bertz CT molecular complexity index is 1350. The van der Waals surface area contributed by atoms with Crippen molar-refractivity contribution < 1.29 is 4.79 Å². The quantitative estimate of drug-likeness (QED) is 0.541. The standard InChI is InChI=1S/C24H23N5O2/c1-15-7-6-10-20(16(15)2)26-21(30)14-28-22(17-11-12-17)27-23-19(24(28)31)13-25-29(23)18-8-4-3-5-9-18/h3-10,13,17H,11-12,14H2,1-2H3,(H,26,30). The summed E-state index contributed by atoms with van der Waals surface area (Å²) in [5.74, 6) is 0.616. The third-order valence-electron chi connectivity index (χ3n) is 5.84. The van der Waals surface area contributed by atoms with Crippen molar-refractivity contribution in [2.75, 3.05) is 5.32 Å². The molecule has 4 aromatic rings. The number of rotatable bonds is 5. The fourth-order valence-corrected chi connectivity index (χ4v) is 3.80. The largest absolute Gasteiger partial charge is 0.324 e. The number of nitrogens with zero attached hydrogens (tertiary/aromatic N) is 4. The molecule has 0 radical (unpaired) electrons. The topological polar surface area (TPSA) is 81.8 Å². The fourth-order valence-electron chi connectivity index (χ4n) is 3.80. The normalized spacial score (nSPS) is 13.5. The summed E-state index contributed by atoms with van der Waals surface area (Å²) in [5, 5.41) is 7.75. The van der Waals surface area contributed by atoms with Gasteiger partial charge in [-0.05, 0) is 56.0 Å². The van der Waals surface area contributed by atoms with E-state index in [1.54, 1.807) is 4.68 Å². The molecule has 0 saturated heterocycles. The van der Waals surface area contributed by atoms with Gasteiger partial charge in [0.15, 0.2) is 5.65 Å². The molecule has 0 unspecified atom stereocenters. The van der Waals surface area contributed by atoms with Gasteiger partial charge in [0.1, 0.15) is 17.8 Å². The van der Waals surface area contributed by atoms with Crippen molar-refractivity contribution >= 4 is 22.6 Å². The van der Waals surface area contributed by atoms with E-state index in [-0.39, 0.29) is 23.9 Å². The molecule has 2 aromatic heterocycles. The third kappa shape index (κ3) is 3.52. The Morgan fingerprint density at radius 2 is 1.87 bits per heavy atom. The highest BCUT2D eigenvalue weighted by molar-refractivity contribution is 5.91. The minimum Gasteiger partial charge on any atom is -0.324 e. The molecule has 1 N–H and O–H groups in total. The molecule has 0 atom stereocenters. The van der Waals surface area contributed by atoms with Gasteiger partial charge >= 0.3 is 0 Å². The number of anilines is 1. The lowest BCUT2D eigenvalue weighted by atomic mass is 10.1. The van der Waals surface area contributed by atoms with Gasteiger partial charge in [0.2, 0.25) is 5.91 Å². The number of hydrogen-bond donors (Lipinski definition) is 1. The zero-order valence-electron chi connectivity index (χ0n) is 17.5. The van der Waals surface area contributed by atoms with Crippen molar-refractivity contribution in [3.8, 4) is 5.69 Å². The maximum absolute atomic E-state index is 13.3. The predicted octanol–water partition coefficient (Wildman–Crippen LogP) is 3.72. The molecule has 0 aliphatic heterocycles. The van der Waals surface area contributed by atoms with E-state index in [1.165, 1.54) is 10.8 Å². The van der Waals surface area contributed by atoms with E-state index >= 15 is 0 Å². The van der Waals surface area contributed by atoms with Gasteiger partial charge in [0.05, 0.1) is 11.9 Å². The number of benzene rings is 2. The molecule has 1 saturated carbocycles. The van der Waals surface area contributed by atoms with E-state index in [9.17, 15) is 9.59 Å². The Kier molecular flexibility index (Phi) is 4.66. The number of aryl methyl sites for hydroxylation is 1. The average Bonchev–Trinajstić information content (AvgIpc) is 3.53. The molecule has 0 bridgehead atoms. The summed E-state index contributed by atoms with van der Waals surface area (Å²) in [7, 11) is 0. The van der Waals surface area contributed by atoms with Gasteiger partial charge in [0.25, 0.3) is 5.56 Å². The first-order chi connectivity index (χ1) is 15.0. The first-order valence-corrected chi connectivity index (χ1v) is 10.4. The lowest BCUT2D eigenvalue weighted by Crippen LogP contribution is -2.31. The molecule has 7 heteroatoms. The second-order valence-electron chi connectivity index (χ2n) is 8.06. The van der Waals surface area contributed by atoms with Crippen LogP contribution in [0.25, 0.3) is 16.7 Å². The first kappa shape index (κ1) is 19.2. The molecular weight excluding hydrogens is 390 g/mol. The van der Waals surface area contributed by atoms with Crippen molar-refractivity contribution in [3.63, 3.8) is 0 Å². The monoisotopic (exact) mass is 413 g/mol. The maximum atomic E-state index is 13.3. The number of nitrogens with one attached hydrogen (secondary N) is 1. The molecule has 1 amide bonds. The molecule has 0 spiro atoms. The van der Waals surface area contributed by atoms with Crippen LogP contribution in [0.5, 0.6) is 0 Å². The van der Waals surface area contributed by atoms with Gasteiger partial charge in [-0.2, -0.15) is 5.10 Å². The van der Waals surface area contributed by atoms with Gasteiger partial charge in [-0.15, -0.1) is 0 Å². The summed E-state index contributed by atoms with van der Waals surface area (Å²) >= 11 is 0. The zero-order valence-corrected chi connectivity index (χ0v) is 17.5. The fraction of sp³-hybridized carbons (Fsp3) is 0.250. The Balaban J connectivity index is 1.54. The van der Waals surface area contributed by atoms with Gasteiger partial charge in [-0.25, -0.2) is 9.67 Å². The highest BCUT2D eigenvalue weighted by Gasteiger charge is 2.31. The van der Waals surface area contributed by atoms with Crippen LogP contribution in [0.15, 0.2) is 59.5 Å². The first-order valence-electron chi connectivity index (χ1n) is 10.4. The maximum Gasteiger partial charge on any atom is 0.265 e. The summed E-state index contributed by atoms with van der Waals surface area (Å²) in [5.41, 5.74) is 4.02. The number of hydrogen-bond acceptors (Lipinski definition) is 4. The molecule has 31 heavy (non-hydrogen) atoms. The van der Waals surface area contributed by atoms with Crippen LogP contribution in [-0.2, 0) is 11.3 Å². The second kappa shape index (κ2) is 7.50. The lowest BCUT2D eigenvalue weighted by molar-refractivity contribution is -0.116. The molecule has 1 aliphatic carbocycles. The molecule has 7 nitrogen and oxygen atoms in total. The van der Waals surface area contributed by atoms with E-state index < -0.39 is 0 Å². The van der Waals surface area contributed by atoms with E-state index in [0.29, 0.717) is 16.9 Å². The number of aromatic nitrogens is 4. The van der Waals surface area contributed by atoms with Crippen molar-refractivity contribution in [2.45, 2.75) is 39.2 Å². The molecule has 2 heterocycles. The molecule has 5 rings (SSSR count). The number of para-hydroxylation sites is 1. The summed E-state index contributed by atoms with van der Waals surface area (Å²) in [6.07, 6.45) is 3.47. The van der Waals surface area contributed by atoms with Crippen molar-refractivity contribution in [1.82, 2.24) is 19.3 Å². The van der Waals surface area contributed by atoms with Crippen LogP contribution in [0, 0.1) is 13.8 Å². The van der Waals surface area contributed by atoms with Crippen LogP contribution < -0.4 is 10.9 Å². The van der Waals surface area contributed by atoms with Crippen LogP contribution in [0.3, 0.4) is 0 Å². The second-order valence-corrected chi connectivity index (χ2v) is 8.06. The Morgan fingerprint density at radius 1 is 1.10 bits per heavy atom. The summed E-state index contributed by atoms with van der Waals surface area (Å²) < 4.78 is 3.20. The minimum absolute atomic E-state index is 0.0719. The van der Waals surface area contributed by atoms with E-state index in [0.717, 1.165) is 35.3 Å². The number of amides is 1. The summed E-state index contributed by atoms with van der Waals surface area (Å²) in [4.78, 5) is 31.0. The molecule has 1 fully saturated rings. The smallest absolute Gasteiger partial charge is 0.265 e. The average molecular weight is 413 g/mol. The number of carbonyl (C=O) groups is 1. The number of carbonyl (C=O) groups excluding carboxylic acids is 1. The molecule has 2 aromatic carbocycles. The van der Waals surface area contributed by atoms with Crippen LogP contribution in [0.4, 0.5) is 5.69 Å². The SMILES string of the molecule is Cc1cccc(NC(=O)Cn2c(C3CC3)nc3c(cnn3-c3ccccc3)c2=O)c1C. The van der Waals surface area contributed by atoms with Gasteiger partial charge in [-0.1, -0.05) is 30.3 Å². The van der Waals surface area contributed by atoms with Crippen LogP contribution in [0.1, 0.15) is 35.7 Å². The number of fused-ring (bicyclic) bond motifs is 1. The lowest BCUT2D eigenvalue weighted by Gasteiger charge is -2.14. The van der Waals surface area contributed by atoms with Crippen molar-refractivity contribution in [3.05, 3.63) is 82.0 Å².